The summed E-state index contributed by atoms with van der Waals surface area (Å²) < 4.78 is 5.86. The van der Waals surface area contributed by atoms with E-state index in [1.807, 2.05) is 12.1 Å². The Bertz CT molecular complexity index is 805. The molecule has 152 valence electrons. The van der Waals surface area contributed by atoms with Crippen molar-refractivity contribution in [1.29, 1.82) is 0 Å². The number of aromatic carboxylic acids is 1. The molecule has 0 amide bonds. The van der Waals surface area contributed by atoms with Crippen molar-refractivity contribution in [3.8, 4) is 5.75 Å². The number of ether oxygens (including phenoxy) is 1. The van der Waals surface area contributed by atoms with E-state index in [1.165, 1.54) is 0 Å². The molecule has 0 saturated carbocycles. The van der Waals surface area contributed by atoms with Crippen LogP contribution in [0.2, 0.25) is 0 Å². The second kappa shape index (κ2) is 7.86. The third-order valence-corrected chi connectivity index (χ3v) is 4.95. The number of hydrogen-bond acceptors (Lipinski definition) is 3. The zero-order valence-corrected chi connectivity index (χ0v) is 18.4. The number of nitrogens with zero attached hydrogens (tertiary/aromatic N) is 1. The van der Waals surface area contributed by atoms with Crippen molar-refractivity contribution in [3.63, 3.8) is 0 Å². The van der Waals surface area contributed by atoms with Crippen LogP contribution in [0, 0.1) is 0 Å². The van der Waals surface area contributed by atoms with E-state index in [4.69, 9.17) is 4.74 Å². The van der Waals surface area contributed by atoms with Crippen molar-refractivity contribution in [2.75, 3.05) is 18.6 Å². The lowest BCUT2D eigenvalue weighted by Gasteiger charge is -2.33. The zero-order valence-electron chi connectivity index (χ0n) is 18.4. The third kappa shape index (κ3) is 4.49. The fourth-order valence-electron chi connectivity index (χ4n) is 3.40. The van der Waals surface area contributed by atoms with E-state index in [0.717, 1.165) is 34.8 Å². The lowest BCUT2D eigenvalue weighted by Crippen LogP contribution is -2.22. The third-order valence-electron chi connectivity index (χ3n) is 4.95. The first-order valence-corrected chi connectivity index (χ1v) is 9.74. The van der Waals surface area contributed by atoms with Crippen LogP contribution in [0.4, 0.5) is 11.4 Å². The molecule has 0 fully saturated rings. The number of rotatable bonds is 5. The number of hydrogen-bond donors (Lipinski definition) is 1. The lowest BCUT2D eigenvalue weighted by molar-refractivity contribution is 0.0697. The molecule has 0 radical (unpaired) electrons. The SMILES string of the molecule is CCN(c1ccc(C(=O)O)cc1)c1cc(C(C)(C)C)c(OC)c(C(C)(C)C)c1. The molecule has 28 heavy (non-hydrogen) atoms. The highest BCUT2D eigenvalue weighted by atomic mass is 16.5. The van der Waals surface area contributed by atoms with Crippen LogP contribution in [0.25, 0.3) is 0 Å². The number of anilines is 2. The van der Waals surface area contributed by atoms with Crippen molar-refractivity contribution in [2.24, 2.45) is 0 Å². The summed E-state index contributed by atoms with van der Waals surface area (Å²) in [5.74, 6) is 0.0325. The molecule has 0 saturated heterocycles. The molecule has 2 aromatic carbocycles. The molecule has 0 bridgehead atoms. The Morgan fingerprint density at radius 3 is 1.71 bits per heavy atom. The Balaban J connectivity index is 2.69. The number of carbonyl (C=O) groups is 1. The monoisotopic (exact) mass is 383 g/mol. The first-order valence-electron chi connectivity index (χ1n) is 9.74. The van der Waals surface area contributed by atoms with Crippen molar-refractivity contribution < 1.29 is 14.6 Å². The van der Waals surface area contributed by atoms with Gasteiger partial charge in [0.15, 0.2) is 0 Å². The Morgan fingerprint density at radius 1 is 0.929 bits per heavy atom. The highest BCUT2D eigenvalue weighted by Gasteiger charge is 2.28. The van der Waals surface area contributed by atoms with Crippen LogP contribution in [0.5, 0.6) is 5.75 Å². The summed E-state index contributed by atoms with van der Waals surface area (Å²) in [5.41, 5.74) is 4.52. The smallest absolute Gasteiger partial charge is 0.335 e. The van der Waals surface area contributed by atoms with Gasteiger partial charge in [-0.1, -0.05) is 41.5 Å². The van der Waals surface area contributed by atoms with Gasteiger partial charge in [-0.3, -0.25) is 0 Å². The van der Waals surface area contributed by atoms with E-state index >= 15 is 0 Å². The van der Waals surface area contributed by atoms with Gasteiger partial charge in [0.2, 0.25) is 0 Å². The van der Waals surface area contributed by atoms with Crippen LogP contribution in [-0.2, 0) is 10.8 Å². The molecule has 0 aliphatic rings. The molecule has 0 spiro atoms. The van der Waals surface area contributed by atoms with E-state index in [-0.39, 0.29) is 10.8 Å². The van der Waals surface area contributed by atoms with Crippen LogP contribution in [0.15, 0.2) is 36.4 Å². The Morgan fingerprint density at radius 2 is 1.39 bits per heavy atom. The minimum Gasteiger partial charge on any atom is -0.496 e. The molecule has 0 atom stereocenters. The van der Waals surface area contributed by atoms with Crippen LogP contribution >= 0.6 is 0 Å². The van der Waals surface area contributed by atoms with Crippen molar-refractivity contribution >= 4 is 17.3 Å². The first-order chi connectivity index (χ1) is 12.9. The molecule has 1 N–H and O–H groups in total. The van der Waals surface area contributed by atoms with Gasteiger partial charge in [-0.2, -0.15) is 0 Å². The zero-order chi connectivity index (χ0) is 21.3. The molecule has 0 aliphatic heterocycles. The molecule has 4 heteroatoms. The van der Waals surface area contributed by atoms with Gasteiger partial charge in [-0.25, -0.2) is 4.79 Å². The van der Waals surface area contributed by atoms with Crippen molar-refractivity contribution in [3.05, 3.63) is 53.1 Å². The molecule has 0 unspecified atom stereocenters. The summed E-state index contributed by atoms with van der Waals surface area (Å²) in [5, 5.41) is 9.17. The first kappa shape index (κ1) is 21.8. The summed E-state index contributed by atoms with van der Waals surface area (Å²) in [6.07, 6.45) is 0. The summed E-state index contributed by atoms with van der Waals surface area (Å²) in [6.45, 7) is 16.0. The second-order valence-electron chi connectivity index (χ2n) is 9.17. The largest absolute Gasteiger partial charge is 0.496 e. The fourth-order valence-corrected chi connectivity index (χ4v) is 3.40. The Kier molecular flexibility index (Phi) is 6.12. The maximum atomic E-state index is 11.2. The molecule has 0 aromatic heterocycles. The number of benzene rings is 2. The molecular weight excluding hydrogens is 350 g/mol. The van der Waals surface area contributed by atoms with Gasteiger partial charge in [0.05, 0.1) is 12.7 Å². The van der Waals surface area contributed by atoms with Gasteiger partial charge in [0.25, 0.3) is 0 Å². The molecule has 0 heterocycles. The van der Waals surface area contributed by atoms with Crippen LogP contribution in [-0.4, -0.2) is 24.7 Å². The minimum absolute atomic E-state index is 0.0755. The Hall–Kier alpha value is -2.49. The number of carboxylic acids is 1. The van der Waals surface area contributed by atoms with Crippen LogP contribution in [0.3, 0.4) is 0 Å². The molecule has 2 rings (SSSR count). The maximum Gasteiger partial charge on any atom is 0.335 e. The average molecular weight is 384 g/mol. The van der Waals surface area contributed by atoms with Crippen LogP contribution in [0.1, 0.15) is 70.0 Å². The normalized spacial score (nSPS) is 12.0. The predicted molar refractivity (Wildman–Crippen MR) is 116 cm³/mol. The van der Waals surface area contributed by atoms with Gasteiger partial charge < -0.3 is 14.7 Å². The van der Waals surface area contributed by atoms with E-state index in [9.17, 15) is 9.90 Å². The summed E-state index contributed by atoms with van der Waals surface area (Å²) >= 11 is 0. The standard InChI is InChI=1S/C24H33NO3/c1-9-25(17-12-10-16(11-13-17)22(26)27)18-14-19(23(2,3)4)21(28-8)20(15-18)24(5,6)7/h10-15H,9H2,1-8H3,(H,26,27). The van der Waals surface area contributed by atoms with E-state index < -0.39 is 5.97 Å². The van der Waals surface area contributed by atoms with Gasteiger partial charge in [-0.15, -0.1) is 0 Å². The Labute approximate surface area is 169 Å². The summed E-state index contributed by atoms with van der Waals surface area (Å²) in [6, 6.07) is 11.4. The quantitative estimate of drug-likeness (QED) is 0.673. The summed E-state index contributed by atoms with van der Waals surface area (Å²) in [4.78, 5) is 13.4. The lowest BCUT2D eigenvalue weighted by atomic mass is 9.79. The van der Waals surface area contributed by atoms with E-state index in [0.29, 0.717) is 5.56 Å². The van der Waals surface area contributed by atoms with Gasteiger partial charge in [-0.05, 0) is 54.2 Å². The van der Waals surface area contributed by atoms with Gasteiger partial charge in [0, 0.05) is 29.0 Å². The highest BCUT2D eigenvalue weighted by molar-refractivity contribution is 5.88. The van der Waals surface area contributed by atoms with Gasteiger partial charge in [0.1, 0.15) is 5.75 Å². The molecule has 0 aliphatic carbocycles. The fraction of sp³-hybridized carbons (Fsp3) is 0.458. The molecule has 4 nitrogen and oxygen atoms in total. The van der Waals surface area contributed by atoms with E-state index in [2.05, 4.69) is 65.5 Å². The van der Waals surface area contributed by atoms with Crippen molar-refractivity contribution in [1.82, 2.24) is 0 Å². The maximum absolute atomic E-state index is 11.2. The second-order valence-corrected chi connectivity index (χ2v) is 9.17. The topological polar surface area (TPSA) is 49.8 Å². The highest BCUT2D eigenvalue weighted by Crippen LogP contribution is 2.43. The number of carboxylic acid groups (broad SMARTS) is 1. The minimum atomic E-state index is -0.913. The predicted octanol–water partition coefficient (Wildman–Crippen LogP) is 6.15. The average Bonchev–Trinajstić information content (AvgIpc) is 2.60. The van der Waals surface area contributed by atoms with Crippen molar-refractivity contribution in [2.45, 2.75) is 59.3 Å². The summed E-state index contributed by atoms with van der Waals surface area (Å²) in [7, 11) is 1.74. The number of methoxy groups -OCH3 is 1. The van der Waals surface area contributed by atoms with Crippen LogP contribution < -0.4 is 9.64 Å². The van der Waals surface area contributed by atoms with E-state index in [1.54, 1.807) is 19.2 Å². The van der Waals surface area contributed by atoms with Gasteiger partial charge >= 0.3 is 5.97 Å². The molecular formula is C24H33NO3. The molecule has 2 aromatic rings.